The van der Waals surface area contributed by atoms with Gasteiger partial charge in [-0.1, -0.05) is 200 Å². The number of aromatic nitrogens is 1. The third kappa shape index (κ3) is 6.82. The van der Waals surface area contributed by atoms with Crippen LogP contribution in [0.2, 0.25) is 0 Å². The Labute approximate surface area is 411 Å². The fourth-order valence-electron chi connectivity index (χ4n) is 11.1. The van der Waals surface area contributed by atoms with Crippen molar-refractivity contribution in [3.63, 3.8) is 0 Å². The minimum atomic E-state index is 0.899. The monoisotopic (exact) mass is 904 g/mol. The lowest BCUT2D eigenvalue weighted by atomic mass is 9.93. The largest absolute Gasteiger partial charge is 0.455 e. The number of furan rings is 1. The molecular weight excluding hydrogens is 861 g/mol. The van der Waals surface area contributed by atoms with Gasteiger partial charge in [-0.3, -0.25) is 0 Å². The summed E-state index contributed by atoms with van der Waals surface area (Å²) < 4.78 is 8.91. The van der Waals surface area contributed by atoms with Gasteiger partial charge in [0.2, 0.25) is 0 Å². The van der Waals surface area contributed by atoms with Crippen LogP contribution >= 0.6 is 0 Å². The van der Waals surface area contributed by atoms with Crippen LogP contribution in [0.1, 0.15) is 0 Å². The maximum Gasteiger partial charge on any atom is 0.143 e. The molecule has 332 valence electrons. The van der Waals surface area contributed by atoms with Gasteiger partial charge in [0.1, 0.15) is 11.2 Å². The molecule has 0 spiro atoms. The summed E-state index contributed by atoms with van der Waals surface area (Å²) in [6, 6.07) is 96.7. The SMILES string of the molecule is c1cc(-c2ccc3c(ccc4ccccc43)c2)cc(N(c2ccc(-c3ccccc3-c3ccccc3-n3c4ccccc4c4ccccc43)cc2)c2ccc(-c3cccc4c3oc3ccccc34)cc2)c1. The molecule has 0 saturated heterocycles. The summed E-state index contributed by atoms with van der Waals surface area (Å²) in [4.78, 5) is 2.37. The van der Waals surface area contributed by atoms with E-state index in [9.17, 15) is 0 Å². The Morgan fingerprint density at radius 2 is 0.803 bits per heavy atom. The first-order valence-electron chi connectivity index (χ1n) is 24.3. The minimum absolute atomic E-state index is 0.899. The van der Waals surface area contributed by atoms with Gasteiger partial charge < -0.3 is 13.9 Å². The van der Waals surface area contributed by atoms with Crippen molar-refractivity contribution in [2.75, 3.05) is 4.90 Å². The maximum absolute atomic E-state index is 6.49. The van der Waals surface area contributed by atoms with Crippen molar-refractivity contribution in [3.8, 4) is 50.2 Å². The first-order chi connectivity index (χ1) is 35.2. The number of hydrogen-bond acceptors (Lipinski definition) is 2. The number of rotatable bonds is 8. The maximum atomic E-state index is 6.49. The van der Waals surface area contributed by atoms with E-state index in [0.29, 0.717) is 0 Å². The average Bonchev–Trinajstić information content (AvgIpc) is 4.00. The van der Waals surface area contributed by atoms with Gasteiger partial charge in [-0.15, -0.1) is 0 Å². The second-order valence-corrected chi connectivity index (χ2v) is 18.4. The van der Waals surface area contributed by atoms with Crippen LogP contribution in [0, 0.1) is 0 Å². The van der Waals surface area contributed by atoms with Crippen molar-refractivity contribution >= 4 is 82.4 Å². The number of anilines is 3. The second-order valence-electron chi connectivity index (χ2n) is 18.4. The van der Waals surface area contributed by atoms with Crippen molar-refractivity contribution in [2.45, 2.75) is 0 Å². The third-order valence-electron chi connectivity index (χ3n) is 14.4. The lowest BCUT2D eigenvalue weighted by Crippen LogP contribution is -2.10. The summed E-state index contributed by atoms with van der Waals surface area (Å²) in [5, 5.41) is 9.78. The zero-order valence-electron chi connectivity index (χ0n) is 38.7. The number of benzene rings is 12. The molecule has 0 aliphatic rings. The van der Waals surface area contributed by atoms with Crippen molar-refractivity contribution in [3.05, 3.63) is 267 Å². The molecule has 0 N–H and O–H groups in total. The Balaban J connectivity index is 0.877. The predicted octanol–water partition coefficient (Wildman–Crippen LogP) is 19.1. The van der Waals surface area contributed by atoms with Gasteiger partial charge in [0.25, 0.3) is 0 Å². The van der Waals surface area contributed by atoms with Crippen LogP contribution in [-0.2, 0) is 0 Å². The first-order valence-corrected chi connectivity index (χ1v) is 24.3. The molecule has 0 unspecified atom stereocenters. The lowest BCUT2D eigenvalue weighted by molar-refractivity contribution is 0.670. The molecule has 14 aromatic rings. The summed E-state index contributed by atoms with van der Waals surface area (Å²) in [6.45, 7) is 0. The molecule has 2 heterocycles. The highest BCUT2D eigenvalue weighted by atomic mass is 16.3. The molecule has 3 heteroatoms. The molecule has 0 atom stereocenters. The predicted molar refractivity (Wildman–Crippen MR) is 299 cm³/mol. The van der Waals surface area contributed by atoms with E-state index < -0.39 is 0 Å². The van der Waals surface area contributed by atoms with E-state index in [1.54, 1.807) is 0 Å². The van der Waals surface area contributed by atoms with Crippen molar-refractivity contribution in [2.24, 2.45) is 0 Å². The molecule has 71 heavy (non-hydrogen) atoms. The van der Waals surface area contributed by atoms with E-state index in [-0.39, 0.29) is 0 Å². The molecule has 0 aliphatic heterocycles. The zero-order chi connectivity index (χ0) is 46.8. The van der Waals surface area contributed by atoms with Crippen LogP contribution in [0.5, 0.6) is 0 Å². The summed E-state index contributed by atoms with van der Waals surface area (Å²) in [5.74, 6) is 0. The Hall–Kier alpha value is -9.44. The van der Waals surface area contributed by atoms with Gasteiger partial charge in [0.15, 0.2) is 0 Å². The first kappa shape index (κ1) is 40.6. The minimum Gasteiger partial charge on any atom is -0.455 e. The van der Waals surface area contributed by atoms with Gasteiger partial charge in [-0.05, 0) is 122 Å². The molecule has 12 aromatic carbocycles. The molecule has 2 aromatic heterocycles. The molecule has 3 nitrogen and oxygen atoms in total. The van der Waals surface area contributed by atoms with E-state index in [0.717, 1.165) is 66.9 Å². The van der Waals surface area contributed by atoms with Crippen LogP contribution in [-0.4, -0.2) is 4.57 Å². The Kier molecular flexibility index (Phi) is 9.53. The van der Waals surface area contributed by atoms with E-state index in [1.165, 1.54) is 65.6 Å². The highest BCUT2D eigenvalue weighted by Crippen LogP contribution is 2.43. The number of hydrogen-bond donors (Lipinski definition) is 0. The average molecular weight is 905 g/mol. The van der Waals surface area contributed by atoms with Crippen molar-refractivity contribution in [1.82, 2.24) is 4.57 Å². The summed E-state index contributed by atoms with van der Waals surface area (Å²) >= 11 is 0. The second kappa shape index (κ2) is 16.7. The summed E-state index contributed by atoms with van der Waals surface area (Å²) in [5.41, 5.74) is 17.7. The smallest absolute Gasteiger partial charge is 0.143 e. The standard InChI is InChI=1S/C68H44N2O/c1-2-18-54-45(15-1)31-32-50-43-49(37-42-56(50)54)48-16-13-17-53(44-48)69(52-40-35-47(36-41-52)57-25-14-26-63-62-24-8-12-30-67(62)71-68(57)63)51-38-33-46(34-39-51)55-19-3-4-20-58(55)59-21-5-9-27-64(59)70-65-28-10-6-22-60(65)61-23-7-11-29-66(61)70/h1-44H. The van der Waals surface area contributed by atoms with E-state index in [1.807, 2.05) is 12.1 Å². The molecule has 0 amide bonds. The molecule has 0 fully saturated rings. The van der Waals surface area contributed by atoms with Gasteiger partial charge >= 0.3 is 0 Å². The van der Waals surface area contributed by atoms with Crippen LogP contribution in [0.15, 0.2) is 271 Å². The van der Waals surface area contributed by atoms with E-state index >= 15 is 0 Å². The van der Waals surface area contributed by atoms with Gasteiger partial charge in [-0.2, -0.15) is 0 Å². The van der Waals surface area contributed by atoms with Crippen LogP contribution in [0.25, 0.3) is 115 Å². The molecule has 0 saturated carbocycles. The van der Waals surface area contributed by atoms with Gasteiger partial charge in [0, 0.05) is 49.7 Å². The highest BCUT2D eigenvalue weighted by Gasteiger charge is 2.20. The van der Waals surface area contributed by atoms with Crippen LogP contribution in [0.4, 0.5) is 17.1 Å². The molecular formula is C68H44N2O. The Morgan fingerprint density at radius 3 is 1.56 bits per heavy atom. The summed E-state index contributed by atoms with van der Waals surface area (Å²) in [7, 11) is 0. The Morgan fingerprint density at radius 1 is 0.282 bits per heavy atom. The fourth-order valence-corrected chi connectivity index (χ4v) is 11.1. The molecule has 0 radical (unpaired) electrons. The number of fused-ring (bicyclic) bond motifs is 9. The summed E-state index contributed by atoms with van der Waals surface area (Å²) in [6.07, 6.45) is 0. The normalized spacial score (nSPS) is 11.7. The number of para-hydroxylation sites is 5. The zero-order valence-corrected chi connectivity index (χ0v) is 38.7. The quantitative estimate of drug-likeness (QED) is 0.142. The highest BCUT2D eigenvalue weighted by molar-refractivity contribution is 6.11. The van der Waals surface area contributed by atoms with Crippen LogP contribution < -0.4 is 4.90 Å². The molecule has 14 rings (SSSR count). The van der Waals surface area contributed by atoms with E-state index in [4.69, 9.17) is 4.42 Å². The van der Waals surface area contributed by atoms with Gasteiger partial charge in [-0.25, -0.2) is 0 Å². The molecule has 0 aliphatic carbocycles. The van der Waals surface area contributed by atoms with Crippen molar-refractivity contribution in [1.29, 1.82) is 0 Å². The number of nitrogens with zero attached hydrogens (tertiary/aromatic N) is 2. The van der Waals surface area contributed by atoms with E-state index in [2.05, 4.69) is 264 Å². The van der Waals surface area contributed by atoms with Gasteiger partial charge in [0.05, 0.1) is 16.7 Å². The van der Waals surface area contributed by atoms with Crippen LogP contribution in [0.3, 0.4) is 0 Å². The lowest BCUT2D eigenvalue weighted by Gasteiger charge is -2.26. The molecule has 0 bridgehead atoms. The topological polar surface area (TPSA) is 21.3 Å². The third-order valence-corrected chi connectivity index (χ3v) is 14.4. The van der Waals surface area contributed by atoms with Crippen molar-refractivity contribution < 1.29 is 4.42 Å². The fraction of sp³-hybridized carbons (Fsp3) is 0. The Bertz CT molecular complexity index is 4290.